The minimum absolute atomic E-state index is 0.279. The highest BCUT2D eigenvalue weighted by Crippen LogP contribution is 2.17. The lowest BCUT2D eigenvalue weighted by Gasteiger charge is -2.03. The van der Waals surface area contributed by atoms with Crippen LogP contribution in [0.3, 0.4) is 0 Å². The van der Waals surface area contributed by atoms with Crippen LogP contribution < -0.4 is 17.0 Å². The normalized spacial score (nSPS) is 16.3. The molecule has 0 unspecified atom stereocenters. The Morgan fingerprint density at radius 1 is 1.14 bits per heavy atom. The molecule has 0 fully saturated rings. The summed E-state index contributed by atoms with van der Waals surface area (Å²) in [6.45, 7) is 5.41. The molecule has 2 rings (SSSR count). The van der Waals surface area contributed by atoms with Crippen LogP contribution >= 0.6 is 0 Å². The van der Waals surface area contributed by atoms with Gasteiger partial charge in [-0.1, -0.05) is 31.6 Å². The number of nitrogens with two attached hydrogens (primary N) is 2. The highest BCUT2D eigenvalue weighted by molar-refractivity contribution is 6.27. The average Bonchev–Trinajstić information content (AvgIpc) is 3.14. The third-order valence-electron chi connectivity index (χ3n) is 4.10. The molecule has 28 heavy (non-hydrogen) atoms. The number of hydrogen-bond acceptors (Lipinski definition) is 5. The van der Waals surface area contributed by atoms with Crippen LogP contribution in [0.25, 0.3) is 6.08 Å². The fraction of sp³-hybridized carbons (Fsp3) is 0.278. The quantitative estimate of drug-likeness (QED) is 0.514. The Kier molecular flexibility index (Phi) is 6.14. The number of hydrazone groups is 1. The van der Waals surface area contributed by atoms with Crippen molar-refractivity contribution >= 4 is 29.8 Å². The molecule has 0 radical (unpaired) electrons. The topological polar surface area (TPSA) is 157 Å². The Labute approximate surface area is 160 Å². The zero-order chi connectivity index (χ0) is 21.0. The number of H-pyrrole nitrogens is 1. The van der Waals surface area contributed by atoms with Gasteiger partial charge >= 0.3 is 12.1 Å². The van der Waals surface area contributed by atoms with Gasteiger partial charge in [0.15, 0.2) is 0 Å². The second kappa shape index (κ2) is 8.33. The summed E-state index contributed by atoms with van der Waals surface area (Å²) in [5.74, 6) is -0.583. The molecular formula is C18H22N6O4. The second-order valence-corrected chi connectivity index (χ2v) is 6.02. The lowest BCUT2D eigenvalue weighted by atomic mass is 10.1. The largest absolute Gasteiger partial charge is 0.350 e. The Morgan fingerprint density at radius 2 is 1.82 bits per heavy atom. The molecule has 1 aromatic rings. The van der Waals surface area contributed by atoms with Crippen molar-refractivity contribution in [2.75, 3.05) is 0 Å². The lowest BCUT2D eigenvalue weighted by Crippen LogP contribution is -2.33. The number of aryl methyl sites for hydroxylation is 1. The van der Waals surface area contributed by atoms with Crippen LogP contribution in [0.15, 0.2) is 39.3 Å². The molecule has 1 aliphatic heterocycles. The summed E-state index contributed by atoms with van der Waals surface area (Å²) in [6.07, 6.45) is 7.41. The van der Waals surface area contributed by atoms with Gasteiger partial charge in [-0.15, -0.1) is 5.01 Å². The minimum atomic E-state index is -0.940. The van der Waals surface area contributed by atoms with Crippen molar-refractivity contribution in [1.82, 2.24) is 14.8 Å². The number of allylic oxidation sites excluding steroid dienone is 4. The highest BCUT2D eigenvalue weighted by Gasteiger charge is 2.31. The van der Waals surface area contributed by atoms with E-state index in [1.807, 2.05) is 13.8 Å². The molecule has 10 heteroatoms. The zero-order valence-electron chi connectivity index (χ0n) is 15.9. The number of amides is 4. The molecule has 5 N–H and O–H groups in total. The number of hydrogen-bond donors (Lipinski definition) is 3. The fourth-order valence-electron chi connectivity index (χ4n) is 2.61. The summed E-state index contributed by atoms with van der Waals surface area (Å²) in [7, 11) is 0. The van der Waals surface area contributed by atoms with E-state index in [1.165, 1.54) is 0 Å². The molecule has 0 aliphatic carbocycles. The first kappa shape index (κ1) is 20.6. The molecule has 0 aromatic carbocycles. The number of carbonyl (C=O) groups is 3. The number of carbonyl (C=O) groups excluding carboxylic acids is 3. The van der Waals surface area contributed by atoms with E-state index in [1.54, 1.807) is 31.2 Å². The Bertz CT molecular complexity index is 1010. The van der Waals surface area contributed by atoms with E-state index >= 15 is 0 Å². The van der Waals surface area contributed by atoms with Crippen LogP contribution in [0.5, 0.6) is 0 Å². The maximum Gasteiger partial charge on any atom is 0.342 e. The molecule has 0 atom stereocenters. The fourth-order valence-corrected chi connectivity index (χ4v) is 2.61. The molecule has 10 nitrogen and oxygen atoms in total. The molecule has 0 spiro atoms. The summed E-state index contributed by atoms with van der Waals surface area (Å²) >= 11 is 0. The number of rotatable bonds is 5. The summed E-state index contributed by atoms with van der Waals surface area (Å²) in [4.78, 5) is 47.0. The third kappa shape index (κ3) is 4.00. The van der Waals surface area contributed by atoms with Gasteiger partial charge in [-0.3, -0.25) is 14.7 Å². The summed E-state index contributed by atoms with van der Waals surface area (Å²) in [6, 6.07) is -1.83. The van der Waals surface area contributed by atoms with Crippen LogP contribution in [0.4, 0.5) is 9.59 Å². The molecule has 0 saturated heterocycles. The van der Waals surface area contributed by atoms with Crippen LogP contribution in [0.1, 0.15) is 38.4 Å². The Morgan fingerprint density at radius 3 is 2.36 bits per heavy atom. The average molecular weight is 386 g/mol. The van der Waals surface area contributed by atoms with E-state index < -0.39 is 23.5 Å². The summed E-state index contributed by atoms with van der Waals surface area (Å²) < 4.78 is 0.749. The lowest BCUT2D eigenvalue weighted by molar-refractivity contribution is -0.122. The number of imide groups is 1. The summed E-state index contributed by atoms with van der Waals surface area (Å²) in [5, 5.41) is 7.21. The van der Waals surface area contributed by atoms with E-state index in [-0.39, 0.29) is 5.57 Å². The molecule has 4 amide bonds. The van der Waals surface area contributed by atoms with Crippen LogP contribution in [-0.2, 0) is 11.2 Å². The van der Waals surface area contributed by atoms with E-state index in [0.29, 0.717) is 34.8 Å². The van der Waals surface area contributed by atoms with Gasteiger partial charge in [0.25, 0.3) is 11.5 Å². The van der Waals surface area contributed by atoms with Crippen molar-refractivity contribution < 1.29 is 14.4 Å². The Hall–Kier alpha value is -3.69. The highest BCUT2D eigenvalue weighted by atomic mass is 16.2. The SMILES string of the molecule is CCC1=NN(C(N)=O)C(=O)C1=CC=C(C)C=Cc1c(CC)[nH]n(C(N)=O)c1=O. The van der Waals surface area contributed by atoms with Crippen molar-refractivity contribution in [2.24, 2.45) is 16.6 Å². The maximum absolute atomic E-state index is 12.2. The van der Waals surface area contributed by atoms with Crippen LogP contribution in [-0.4, -0.2) is 38.5 Å². The summed E-state index contributed by atoms with van der Waals surface area (Å²) in [5.41, 5.74) is 12.1. The number of nitrogens with one attached hydrogen (secondary N) is 1. The van der Waals surface area contributed by atoms with E-state index in [2.05, 4.69) is 10.2 Å². The van der Waals surface area contributed by atoms with Crippen molar-refractivity contribution in [3.05, 3.63) is 51.0 Å². The molecule has 0 saturated carbocycles. The van der Waals surface area contributed by atoms with Crippen molar-refractivity contribution in [2.45, 2.75) is 33.6 Å². The van der Waals surface area contributed by atoms with E-state index in [9.17, 15) is 19.2 Å². The van der Waals surface area contributed by atoms with Gasteiger partial charge in [-0.25, -0.2) is 9.59 Å². The van der Waals surface area contributed by atoms with Crippen molar-refractivity contribution in [1.29, 1.82) is 0 Å². The molecular weight excluding hydrogens is 364 g/mol. The molecule has 1 aliphatic rings. The smallest absolute Gasteiger partial charge is 0.342 e. The number of aromatic amines is 1. The molecule has 0 bridgehead atoms. The van der Waals surface area contributed by atoms with Gasteiger partial charge in [-0.2, -0.15) is 9.78 Å². The standard InChI is InChI=1S/C18H22N6O4/c1-4-13-11(15(25)23(21-13)17(19)27)8-6-10(3)7-9-12-14(5-2)22-24(16(12)26)18(20)28/h6-9,21H,4-5H2,1-3H3,(H2,19,27)(H2,20,28). The van der Waals surface area contributed by atoms with Crippen LogP contribution in [0.2, 0.25) is 0 Å². The third-order valence-corrected chi connectivity index (χ3v) is 4.10. The first-order chi connectivity index (χ1) is 13.2. The van der Waals surface area contributed by atoms with Gasteiger partial charge in [0.1, 0.15) is 0 Å². The van der Waals surface area contributed by atoms with Gasteiger partial charge < -0.3 is 11.5 Å². The first-order valence-electron chi connectivity index (χ1n) is 8.63. The molecule has 2 heterocycles. The predicted molar refractivity (Wildman–Crippen MR) is 104 cm³/mol. The van der Waals surface area contributed by atoms with E-state index in [0.717, 1.165) is 10.3 Å². The number of nitrogens with zero attached hydrogens (tertiary/aromatic N) is 3. The number of primary amides is 2. The second-order valence-electron chi connectivity index (χ2n) is 6.02. The number of urea groups is 1. The maximum atomic E-state index is 12.2. The Balaban J connectivity index is 2.31. The van der Waals surface area contributed by atoms with Gasteiger partial charge in [0.05, 0.1) is 16.8 Å². The number of aromatic nitrogens is 2. The predicted octanol–water partition coefficient (Wildman–Crippen LogP) is 1.24. The zero-order valence-corrected chi connectivity index (χ0v) is 15.9. The van der Waals surface area contributed by atoms with Gasteiger partial charge in [-0.05, 0) is 31.9 Å². The molecule has 1 aromatic heterocycles. The minimum Gasteiger partial charge on any atom is -0.350 e. The van der Waals surface area contributed by atoms with Crippen molar-refractivity contribution in [3.8, 4) is 0 Å². The van der Waals surface area contributed by atoms with Crippen molar-refractivity contribution in [3.63, 3.8) is 0 Å². The molecule has 148 valence electrons. The van der Waals surface area contributed by atoms with Gasteiger partial charge in [0, 0.05) is 5.69 Å². The monoisotopic (exact) mass is 386 g/mol. The van der Waals surface area contributed by atoms with E-state index in [4.69, 9.17) is 11.5 Å². The van der Waals surface area contributed by atoms with Crippen LogP contribution in [0, 0.1) is 0 Å². The van der Waals surface area contributed by atoms with Gasteiger partial charge in [0.2, 0.25) is 0 Å². The first-order valence-corrected chi connectivity index (χ1v) is 8.63.